The number of nitrogens with one attached hydrogen (secondary N) is 2. The molecule has 3 amide bonds. The fraction of sp³-hybridized carbons (Fsp3) is 0.765. The number of amides is 3. The lowest BCUT2D eigenvalue weighted by atomic mass is 10.1. The maximum absolute atomic E-state index is 12.5. The van der Waals surface area contributed by atoms with E-state index in [0.29, 0.717) is 26.1 Å². The second-order valence-corrected chi connectivity index (χ2v) is 7.12. The van der Waals surface area contributed by atoms with Crippen LogP contribution in [0.15, 0.2) is 6.20 Å². The van der Waals surface area contributed by atoms with E-state index in [2.05, 4.69) is 20.9 Å². The molecular weight excluding hydrogens is 334 g/mol. The molecule has 2 saturated heterocycles. The van der Waals surface area contributed by atoms with Gasteiger partial charge in [-0.05, 0) is 32.6 Å². The number of hydrogen-bond acceptors (Lipinski definition) is 5. The van der Waals surface area contributed by atoms with Gasteiger partial charge < -0.3 is 20.4 Å². The summed E-state index contributed by atoms with van der Waals surface area (Å²) < 4.78 is 1.81. The number of piperidine rings is 1. The van der Waals surface area contributed by atoms with Crippen LogP contribution in [0.5, 0.6) is 0 Å². The lowest BCUT2D eigenvalue weighted by molar-refractivity contribution is -0.122. The quantitative estimate of drug-likeness (QED) is 0.787. The number of aromatic nitrogens is 3. The van der Waals surface area contributed by atoms with Gasteiger partial charge in [0.2, 0.25) is 5.91 Å². The second-order valence-electron chi connectivity index (χ2n) is 7.12. The van der Waals surface area contributed by atoms with Crippen LogP contribution in [0.2, 0.25) is 0 Å². The Hall–Kier alpha value is -2.16. The zero-order valence-corrected chi connectivity index (χ0v) is 15.6. The van der Waals surface area contributed by atoms with Crippen molar-refractivity contribution in [2.75, 3.05) is 33.2 Å². The molecule has 144 valence electrons. The Morgan fingerprint density at radius 2 is 2.12 bits per heavy atom. The number of carbonyl (C=O) groups is 2. The van der Waals surface area contributed by atoms with Gasteiger partial charge >= 0.3 is 6.03 Å². The van der Waals surface area contributed by atoms with Crippen molar-refractivity contribution in [2.45, 2.75) is 51.2 Å². The molecule has 1 aromatic rings. The minimum absolute atomic E-state index is 0.0298. The molecule has 0 spiro atoms. The third-order valence-electron chi connectivity index (χ3n) is 5.06. The van der Waals surface area contributed by atoms with E-state index < -0.39 is 0 Å². The summed E-state index contributed by atoms with van der Waals surface area (Å²) in [5.41, 5.74) is 0.763. The van der Waals surface area contributed by atoms with Crippen molar-refractivity contribution in [1.29, 1.82) is 0 Å². The molecule has 3 heterocycles. The van der Waals surface area contributed by atoms with Gasteiger partial charge in [-0.1, -0.05) is 5.21 Å². The van der Waals surface area contributed by atoms with Crippen LogP contribution in [-0.2, 0) is 11.3 Å². The fourth-order valence-corrected chi connectivity index (χ4v) is 3.62. The average molecular weight is 363 g/mol. The highest BCUT2D eigenvalue weighted by molar-refractivity contribution is 5.82. The van der Waals surface area contributed by atoms with E-state index >= 15 is 0 Å². The maximum atomic E-state index is 12.5. The molecule has 0 aliphatic carbocycles. The molecule has 1 aromatic heterocycles. The molecule has 9 nitrogen and oxygen atoms in total. The fourth-order valence-electron chi connectivity index (χ4n) is 3.62. The van der Waals surface area contributed by atoms with Gasteiger partial charge in [-0.25, -0.2) is 9.48 Å². The highest BCUT2D eigenvalue weighted by atomic mass is 16.2. The predicted molar refractivity (Wildman–Crippen MR) is 96.4 cm³/mol. The van der Waals surface area contributed by atoms with Gasteiger partial charge in [0, 0.05) is 33.2 Å². The molecule has 9 heteroatoms. The predicted octanol–water partition coefficient (Wildman–Crippen LogP) is 0.355. The summed E-state index contributed by atoms with van der Waals surface area (Å²) in [4.78, 5) is 28.0. The van der Waals surface area contributed by atoms with Gasteiger partial charge in [0.25, 0.3) is 0 Å². The molecule has 3 rings (SSSR count). The first-order valence-corrected chi connectivity index (χ1v) is 9.50. The highest BCUT2D eigenvalue weighted by Gasteiger charge is 2.31. The van der Waals surface area contributed by atoms with E-state index in [1.165, 1.54) is 6.42 Å². The standard InChI is InChI=1S/C17H29N7O2/c1-3-18-16(25)15-9-14(10-19-15)24-12-13(20-21-24)11-22(2)17(26)23-7-5-4-6-8-23/h12,14-15,19H,3-11H2,1-2H3,(H,18,25)/t14-,15+/m1/s1. The summed E-state index contributed by atoms with van der Waals surface area (Å²) in [6, 6.07) is -0.0269. The van der Waals surface area contributed by atoms with Crippen molar-refractivity contribution < 1.29 is 9.59 Å². The summed E-state index contributed by atoms with van der Waals surface area (Å²) in [7, 11) is 1.80. The van der Waals surface area contributed by atoms with Crippen molar-refractivity contribution in [3.05, 3.63) is 11.9 Å². The number of urea groups is 1. The monoisotopic (exact) mass is 363 g/mol. The molecule has 0 saturated carbocycles. The van der Waals surface area contributed by atoms with Crippen molar-refractivity contribution >= 4 is 11.9 Å². The first-order valence-electron chi connectivity index (χ1n) is 9.50. The topological polar surface area (TPSA) is 95.4 Å². The SMILES string of the molecule is CCNC(=O)[C@@H]1C[C@@H](n2cc(CN(C)C(=O)N3CCCCC3)nn2)CN1. The molecule has 2 aliphatic heterocycles. The number of rotatable bonds is 5. The molecule has 0 bridgehead atoms. The van der Waals surface area contributed by atoms with Crippen LogP contribution >= 0.6 is 0 Å². The van der Waals surface area contributed by atoms with Gasteiger partial charge in [-0.2, -0.15) is 0 Å². The largest absolute Gasteiger partial charge is 0.355 e. The minimum Gasteiger partial charge on any atom is -0.355 e. The summed E-state index contributed by atoms with van der Waals surface area (Å²) in [6.07, 6.45) is 5.94. The van der Waals surface area contributed by atoms with E-state index in [1.54, 1.807) is 16.6 Å². The van der Waals surface area contributed by atoms with Crippen LogP contribution in [0, 0.1) is 0 Å². The molecular formula is C17H29N7O2. The minimum atomic E-state index is -0.184. The van der Waals surface area contributed by atoms with E-state index in [9.17, 15) is 9.59 Å². The summed E-state index contributed by atoms with van der Waals surface area (Å²) in [5.74, 6) is 0.0298. The van der Waals surface area contributed by atoms with Crippen LogP contribution < -0.4 is 10.6 Å². The molecule has 0 unspecified atom stereocenters. The number of likely N-dealkylation sites (tertiary alicyclic amines) is 1. The Labute approximate surface area is 154 Å². The second kappa shape index (κ2) is 8.48. The molecule has 2 atom stereocenters. The van der Waals surface area contributed by atoms with Crippen LogP contribution in [0.4, 0.5) is 4.79 Å². The average Bonchev–Trinajstić information content (AvgIpc) is 3.31. The summed E-state index contributed by atoms with van der Waals surface area (Å²) in [5, 5.41) is 14.5. The highest BCUT2D eigenvalue weighted by Crippen LogP contribution is 2.19. The number of carbonyl (C=O) groups excluding carboxylic acids is 2. The molecule has 2 fully saturated rings. The molecule has 2 aliphatic rings. The molecule has 26 heavy (non-hydrogen) atoms. The first-order chi connectivity index (χ1) is 12.6. The lowest BCUT2D eigenvalue weighted by Gasteiger charge is -2.30. The van der Waals surface area contributed by atoms with E-state index in [4.69, 9.17) is 0 Å². The van der Waals surface area contributed by atoms with Gasteiger partial charge in [0.1, 0.15) is 5.69 Å². The summed E-state index contributed by atoms with van der Waals surface area (Å²) >= 11 is 0. The van der Waals surface area contributed by atoms with Crippen molar-refractivity contribution in [2.24, 2.45) is 0 Å². The normalized spacial score (nSPS) is 23.1. The maximum Gasteiger partial charge on any atom is 0.320 e. The van der Waals surface area contributed by atoms with Crippen LogP contribution in [0.25, 0.3) is 0 Å². The number of likely N-dealkylation sites (N-methyl/N-ethyl adjacent to an activating group) is 1. The Balaban J connectivity index is 1.53. The smallest absolute Gasteiger partial charge is 0.320 e. The van der Waals surface area contributed by atoms with E-state index in [1.807, 2.05) is 18.0 Å². The van der Waals surface area contributed by atoms with Crippen molar-refractivity contribution in [1.82, 2.24) is 35.4 Å². The Bertz CT molecular complexity index is 626. The first kappa shape index (κ1) is 18.6. The van der Waals surface area contributed by atoms with Crippen molar-refractivity contribution in [3.8, 4) is 0 Å². The number of hydrogen-bond donors (Lipinski definition) is 2. The van der Waals surface area contributed by atoms with Gasteiger partial charge in [-0.3, -0.25) is 4.79 Å². The van der Waals surface area contributed by atoms with Crippen LogP contribution in [0.3, 0.4) is 0 Å². The number of nitrogens with zero attached hydrogens (tertiary/aromatic N) is 5. The van der Waals surface area contributed by atoms with Gasteiger partial charge in [0.05, 0.1) is 24.8 Å². The van der Waals surface area contributed by atoms with E-state index in [-0.39, 0.29) is 24.0 Å². The zero-order chi connectivity index (χ0) is 18.5. The van der Waals surface area contributed by atoms with Crippen LogP contribution in [0.1, 0.15) is 44.3 Å². The third kappa shape index (κ3) is 4.32. The molecule has 2 N–H and O–H groups in total. The van der Waals surface area contributed by atoms with Crippen LogP contribution in [-0.4, -0.2) is 76.0 Å². The Morgan fingerprint density at radius 3 is 2.85 bits per heavy atom. The lowest BCUT2D eigenvalue weighted by Crippen LogP contribution is -2.43. The zero-order valence-electron chi connectivity index (χ0n) is 15.6. The molecule has 0 radical (unpaired) electrons. The van der Waals surface area contributed by atoms with Gasteiger partial charge in [0.15, 0.2) is 0 Å². The Morgan fingerprint density at radius 1 is 1.35 bits per heavy atom. The summed E-state index contributed by atoms with van der Waals surface area (Å²) in [6.45, 7) is 5.35. The van der Waals surface area contributed by atoms with E-state index in [0.717, 1.165) is 31.6 Å². The Kier molecular flexibility index (Phi) is 6.08. The van der Waals surface area contributed by atoms with Gasteiger partial charge in [-0.15, -0.1) is 5.10 Å². The molecule has 0 aromatic carbocycles. The van der Waals surface area contributed by atoms with Crippen molar-refractivity contribution in [3.63, 3.8) is 0 Å². The third-order valence-corrected chi connectivity index (χ3v) is 5.06.